The summed E-state index contributed by atoms with van der Waals surface area (Å²) in [6, 6.07) is 10.6. The molecule has 2 unspecified atom stereocenters. The predicted octanol–water partition coefficient (Wildman–Crippen LogP) is 3.05. The number of hydrogen-bond donors (Lipinski definition) is 2. The number of benzene rings is 2. The summed E-state index contributed by atoms with van der Waals surface area (Å²) < 4.78 is 26.6. The molecule has 0 amide bonds. The molecule has 0 fully saturated rings. The van der Waals surface area contributed by atoms with Gasteiger partial charge in [0.05, 0.1) is 6.10 Å². The van der Waals surface area contributed by atoms with Crippen molar-refractivity contribution in [3.05, 3.63) is 70.8 Å². The largest absolute Gasteiger partial charge is 0.388 e. The molecule has 2 aromatic carbocycles. The Morgan fingerprint density at radius 3 is 2.25 bits per heavy atom. The van der Waals surface area contributed by atoms with E-state index in [0.717, 1.165) is 11.6 Å². The molecule has 0 aliphatic carbocycles. The van der Waals surface area contributed by atoms with Gasteiger partial charge in [0, 0.05) is 18.5 Å². The zero-order chi connectivity index (χ0) is 14.7. The second-order valence-corrected chi connectivity index (χ2v) is 4.90. The summed E-state index contributed by atoms with van der Waals surface area (Å²) >= 11 is 0. The molecule has 0 saturated carbocycles. The van der Waals surface area contributed by atoms with E-state index in [2.05, 4.69) is 0 Å². The van der Waals surface area contributed by atoms with Crippen molar-refractivity contribution < 1.29 is 13.9 Å². The molecule has 0 bridgehead atoms. The van der Waals surface area contributed by atoms with E-state index in [1.54, 1.807) is 6.07 Å². The lowest BCUT2D eigenvalue weighted by atomic mass is 9.88. The van der Waals surface area contributed by atoms with E-state index in [9.17, 15) is 13.9 Å². The summed E-state index contributed by atoms with van der Waals surface area (Å²) in [7, 11) is 0. The average Bonchev–Trinajstić information content (AvgIpc) is 2.38. The Labute approximate surface area is 116 Å². The first-order valence-electron chi connectivity index (χ1n) is 6.42. The first kappa shape index (κ1) is 14.6. The molecule has 2 atom stereocenters. The maximum Gasteiger partial charge on any atom is 0.126 e. The summed E-state index contributed by atoms with van der Waals surface area (Å²) in [6.45, 7) is 2.01. The van der Waals surface area contributed by atoms with Gasteiger partial charge in [-0.05, 0) is 30.2 Å². The van der Waals surface area contributed by atoms with Crippen LogP contribution in [0.1, 0.15) is 28.7 Å². The number of aryl methyl sites for hydroxylation is 1. The van der Waals surface area contributed by atoms with E-state index < -0.39 is 23.7 Å². The number of halogens is 2. The molecule has 2 nitrogen and oxygen atoms in total. The first-order valence-corrected chi connectivity index (χ1v) is 6.42. The normalized spacial score (nSPS) is 14.1. The predicted molar refractivity (Wildman–Crippen MR) is 74.3 cm³/mol. The average molecular weight is 277 g/mol. The Bertz CT molecular complexity index is 581. The molecule has 3 N–H and O–H groups in total. The molecule has 0 saturated heterocycles. The minimum absolute atomic E-state index is 0.0952. The third-order valence-corrected chi connectivity index (χ3v) is 3.33. The monoisotopic (exact) mass is 277 g/mol. The zero-order valence-electron chi connectivity index (χ0n) is 11.2. The minimum Gasteiger partial charge on any atom is -0.388 e. The lowest BCUT2D eigenvalue weighted by molar-refractivity contribution is 0.147. The number of nitrogens with two attached hydrogens (primary N) is 1. The van der Waals surface area contributed by atoms with Crippen molar-refractivity contribution in [2.75, 3.05) is 6.54 Å². The lowest BCUT2D eigenvalue weighted by Crippen LogP contribution is -2.20. The summed E-state index contributed by atoms with van der Waals surface area (Å²) in [4.78, 5) is 0. The van der Waals surface area contributed by atoms with Crippen LogP contribution in [0.3, 0.4) is 0 Å². The van der Waals surface area contributed by atoms with E-state index in [1.807, 2.05) is 25.1 Å². The van der Waals surface area contributed by atoms with Gasteiger partial charge in [-0.1, -0.05) is 29.8 Å². The Kier molecular flexibility index (Phi) is 4.47. The van der Waals surface area contributed by atoms with Gasteiger partial charge in [0.15, 0.2) is 0 Å². The van der Waals surface area contributed by atoms with Crippen LogP contribution < -0.4 is 5.73 Å². The van der Waals surface area contributed by atoms with Crippen LogP contribution >= 0.6 is 0 Å². The van der Waals surface area contributed by atoms with Crippen LogP contribution in [0, 0.1) is 18.6 Å². The van der Waals surface area contributed by atoms with Crippen molar-refractivity contribution in [1.29, 1.82) is 0 Å². The van der Waals surface area contributed by atoms with E-state index >= 15 is 0 Å². The zero-order valence-corrected chi connectivity index (χ0v) is 11.2. The van der Waals surface area contributed by atoms with Gasteiger partial charge in [-0.3, -0.25) is 0 Å². The summed E-state index contributed by atoms with van der Waals surface area (Å²) in [5.74, 6) is -1.90. The molecule has 0 heterocycles. The quantitative estimate of drug-likeness (QED) is 0.902. The summed E-state index contributed by atoms with van der Waals surface area (Å²) in [5, 5.41) is 10.4. The van der Waals surface area contributed by atoms with Gasteiger partial charge in [-0.25, -0.2) is 8.78 Å². The highest BCUT2D eigenvalue weighted by Gasteiger charge is 2.22. The van der Waals surface area contributed by atoms with Crippen LogP contribution in [0.2, 0.25) is 0 Å². The molecule has 0 aliphatic rings. The molecular formula is C16H17F2NO. The molecule has 0 aromatic heterocycles. The van der Waals surface area contributed by atoms with Crippen molar-refractivity contribution >= 4 is 0 Å². The van der Waals surface area contributed by atoms with Gasteiger partial charge in [-0.2, -0.15) is 0 Å². The third-order valence-electron chi connectivity index (χ3n) is 3.33. The van der Waals surface area contributed by atoms with Crippen LogP contribution in [0.4, 0.5) is 8.78 Å². The van der Waals surface area contributed by atoms with Crippen molar-refractivity contribution in [2.45, 2.75) is 18.9 Å². The smallest absolute Gasteiger partial charge is 0.126 e. The van der Waals surface area contributed by atoms with Gasteiger partial charge in [0.1, 0.15) is 11.6 Å². The lowest BCUT2D eigenvalue weighted by Gasteiger charge is -2.22. The Morgan fingerprint density at radius 2 is 1.70 bits per heavy atom. The number of aliphatic hydroxyl groups excluding tert-OH is 1. The van der Waals surface area contributed by atoms with E-state index in [1.165, 1.54) is 12.1 Å². The standard InChI is InChI=1S/C16H17F2NO/c1-10-3-2-4-11(5-10)16(20)15(9-19)12-6-13(17)8-14(18)7-12/h2-8,15-16,20H,9,19H2,1H3. The third kappa shape index (κ3) is 3.21. The topological polar surface area (TPSA) is 46.2 Å². The van der Waals surface area contributed by atoms with Gasteiger partial charge < -0.3 is 10.8 Å². The molecular weight excluding hydrogens is 260 g/mol. The molecule has 2 aromatic rings. The molecule has 0 aliphatic heterocycles. The fourth-order valence-corrected chi connectivity index (χ4v) is 2.32. The summed E-state index contributed by atoms with van der Waals surface area (Å²) in [6.07, 6.45) is -0.902. The van der Waals surface area contributed by atoms with E-state index in [4.69, 9.17) is 5.73 Å². The van der Waals surface area contributed by atoms with Crippen LogP contribution in [0.25, 0.3) is 0 Å². The molecule has 0 spiro atoms. The van der Waals surface area contributed by atoms with Crippen molar-refractivity contribution in [3.63, 3.8) is 0 Å². The second-order valence-electron chi connectivity index (χ2n) is 4.90. The maximum absolute atomic E-state index is 13.3. The Balaban J connectivity index is 2.36. The highest BCUT2D eigenvalue weighted by atomic mass is 19.1. The molecule has 0 radical (unpaired) electrons. The molecule has 20 heavy (non-hydrogen) atoms. The molecule has 106 valence electrons. The van der Waals surface area contributed by atoms with Gasteiger partial charge >= 0.3 is 0 Å². The second kappa shape index (κ2) is 6.11. The highest BCUT2D eigenvalue weighted by Crippen LogP contribution is 2.31. The van der Waals surface area contributed by atoms with Gasteiger partial charge in [0.2, 0.25) is 0 Å². The van der Waals surface area contributed by atoms with E-state index in [-0.39, 0.29) is 6.54 Å². The van der Waals surface area contributed by atoms with E-state index in [0.29, 0.717) is 11.1 Å². The van der Waals surface area contributed by atoms with Crippen molar-refractivity contribution in [3.8, 4) is 0 Å². The summed E-state index contributed by atoms with van der Waals surface area (Å²) in [5.41, 5.74) is 7.72. The maximum atomic E-state index is 13.3. The Hall–Kier alpha value is -1.78. The van der Waals surface area contributed by atoms with Gasteiger partial charge in [0.25, 0.3) is 0 Å². The number of rotatable bonds is 4. The van der Waals surface area contributed by atoms with Gasteiger partial charge in [-0.15, -0.1) is 0 Å². The molecule has 4 heteroatoms. The van der Waals surface area contributed by atoms with Crippen molar-refractivity contribution in [2.24, 2.45) is 5.73 Å². The first-order chi connectivity index (χ1) is 9.51. The number of hydrogen-bond acceptors (Lipinski definition) is 2. The van der Waals surface area contributed by atoms with Crippen LogP contribution in [-0.2, 0) is 0 Å². The van der Waals surface area contributed by atoms with Crippen molar-refractivity contribution in [1.82, 2.24) is 0 Å². The van der Waals surface area contributed by atoms with Crippen LogP contribution in [0.5, 0.6) is 0 Å². The highest BCUT2D eigenvalue weighted by molar-refractivity contribution is 5.30. The molecule has 2 rings (SSSR count). The fraction of sp³-hybridized carbons (Fsp3) is 0.250. The number of aliphatic hydroxyl groups is 1. The Morgan fingerprint density at radius 1 is 1.05 bits per heavy atom. The SMILES string of the molecule is Cc1cccc(C(O)C(CN)c2cc(F)cc(F)c2)c1. The van der Waals surface area contributed by atoms with Crippen LogP contribution in [-0.4, -0.2) is 11.7 Å². The minimum atomic E-state index is -0.902. The van der Waals surface area contributed by atoms with Crippen LogP contribution in [0.15, 0.2) is 42.5 Å². The fourth-order valence-electron chi connectivity index (χ4n) is 2.32.